The summed E-state index contributed by atoms with van der Waals surface area (Å²) in [4.78, 5) is 16.9. The van der Waals surface area contributed by atoms with E-state index >= 15 is 0 Å². The molecular weight excluding hydrogens is 312 g/mol. The molecule has 2 aromatic rings. The molecule has 0 unspecified atom stereocenters. The quantitative estimate of drug-likeness (QED) is 0.866. The fourth-order valence-electron chi connectivity index (χ4n) is 2.97. The highest BCUT2D eigenvalue weighted by Gasteiger charge is 2.27. The molecule has 1 aliphatic rings. The van der Waals surface area contributed by atoms with E-state index in [4.69, 9.17) is 11.6 Å². The third kappa shape index (κ3) is 3.57. The van der Waals surface area contributed by atoms with Gasteiger partial charge in [-0.1, -0.05) is 29.8 Å². The Labute approximate surface area is 141 Å². The van der Waals surface area contributed by atoms with Gasteiger partial charge in [0.15, 0.2) is 0 Å². The van der Waals surface area contributed by atoms with Crippen molar-refractivity contribution in [3.05, 3.63) is 52.8 Å². The second-order valence-electron chi connectivity index (χ2n) is 6.13. The number of aromatic nitrogens is 2. The van der Waals surface area contributed by atoms with Gasteiger partial charge in [0.2, 0.25) is 0 Å². The van der Waals surface area contributed by atoms with Crippen LogP contribution in [0.15, 0.2) is 36.7 Å². The summed E-state index contributed by atoms with van der Waals surface area (Å²) in [6, 6.07) is 7.89. The number of carbonyl (C=O) groups is 1. The number of likely N-dealkylation sites (N-methyl/N-ethyl adjacent to an activating group) is 1. The van der Waals surface area contributed by atoms with Crippen LogP contribution in [0, 0.1) is 0 Å². The van der Waals surface area contributed by atoms with E-state index in [1.165, 1.54) is 0 Å². The summed E-state index contributed by atoms with van der Waals surface area (Å²) in [6.45, 7) is 5.21. The van der Waals surface area contributed by atoms with Crippen molar-refractivity contribution >= 4 is 17.5 Å². The van der Waals surface area contributed by atoms with Crippen LogP contribution in [-0.4, -0.2) is 58.2 Å². The van der Waals surface area contributed by atoms with Crippen molar-refractivity contribution in [2.75, 3.05) is 26.7 Å². The Morgan fingerprint density at radius 1 is 1.35 bits per heavy atom. The van der Waals surface area contributed by atoms with Gasteiger partial charge in [-0.25, -0.2) is 0 Å². The maximum atomic E-state index is 12.7. The lowest BCUT2D eigenvalue weighted by atomic mass is 10.1. The van der Waals surface area contributed by atoms with E-state index in [0.717, 1.165) is 25.2 Å². The SMILES string of the molecule is C[C@@H]1CN(C)CCN1C(=O)c1cnn(Cc2ccccc2Cl)c1. The highest BCUT2D eigenvalue weighted by Crippen LogP contribution is 2.17. The van der Waals surface area contributed by atoms with E-state index in [1.54, 1.807) is 17.1 Å². The number of hydrogen-bond acceptors (Lipinski definition) is 3. The number of carbonyl (C=O) groups excluding carboxylic acids is 1. The summed E-state index contributed by atoms with van der Waals surface area (Å²) < 4.78 is 1.76. The van der Waals surface area contributed by atoms with Crippen LogP contribution in [0.1, 0.15) is 22.8 Å². The van der Waals surface area contributed by atoms with Crippen LogP contribution in [-0.2, 0) is 6.54 Å². The first-order valence-corrected chi connectivity index (χ1v) is 8.18. The smallest absolute Gasteiger partial charge is 0.257 e. The van der Waals surface area contributed by atoms with Crippen LogP contribution in [0.4, 0.5) is 0 Å². The van der Waals surface area contributed by atoms with E-state index in [-0.39, 0.29) is 11.9 Å². The summed E-state index contributed by atoms with van der Waals surface area (Å²) in [5.41, 5.74) is 1.62. The fourth-order valence-corrected chi connectivity index (χ4v) is 3.16. The number of rotatable bonds is 3. The van der Waals surface area contributed by atoms with Crippen LogP contribution in [0.2, 0.25) is 5.02 Å². The second kappa shape index (κ2) is 6.72. The minimum Gasteiger partial charge on any atom is -0.333 e. The summed E-state index contributed by atoms with van der Waals surface area (Å²) in [5, 5.41) is 5.02. The van der Waals surface area contributed by atoms with Gasteiger partial charge in [-0.3, -0.25) is 9.48 Å². The predicted octanol–water partition coefficient (Wildman–Crippen LogP) is 2.36. The highest BCUT2D eigenvalue weighted by atomic mass is 35.5. The van der Waals surface area contributed by atoms with Gasteiger partial charge in [0.25, 0.3) is 5.91 Å². The lowest BCUT2D eigenvalue weighted by molar-refractivity contribution is 0.0533. The second-order valence-corrected chi connectivity index (χ2v) is 6.54. The Balaban J connectivity index is 1.71. The van der Waals surface area contributed by atoms with Gasteiger partial charge in [0.1, 0.15) is 0 Å². The standard InChI is InChI=1S/C17H21ClN4O/c1-13-10-20(2)7-8-22(13)17(23)15-9-19-21(12-15)11-14-5-3-4-6-16(14)18/h3-6,9,12-13H,7-8,10-11H2,1-2H3/t13-/m1/s1. The Morgan fingerprint density at radius 2 is 2.13 bits per heavy atom. The van der Waals surface area contributed by atoms with Crippen LogP contribution in [0.5, 0.6) is 0 Å². The third-order valence-electron chi connectivity index (χ3n) is 4.26. The molecule has 0 N–H and O–H groups in total. The van der Waals surface area contributed by atoms with Crippen molar-refractivity contribution in [3.63, 3.8) is 0 Å². The van der Waals surface area contributed by atoms with Gasteiger partial charge in [-0.15, -0.1) is 0 Å². The summed E-state index contributed by atoms with van der Waals surface area (Å²) in [6.07, 6.45) is 3.45. The van der Waals surface area contributed by atoms with Gasteiger partial charge >= 0.3 is 0 Å². The molecule has 23 heavy (non-hydrogen) atoms. The average Bonchev–Trinajstić information content (AvgIpc) is 2.98. The number of halogens is 1. The molecule has 5 nitrogen and oxygen atoms in total. The lowest BCUT2D eigenvalue weighted by Crippen LogP contribution is -2.52. The number of piperazine rings is 1. The molecule has 3 rings (SSSR count). The van der Waals surface area contributed by atoms with Gasteiger partial charge in [-0.2, -0.15) is 5.10 Å². The van der Waals surface area contributed by atoms with Gasteiger partial charge in [-0.05, 0) is 25.6 Å². The van der Waals surface area contributed by atoms with Gasteiger partial charge in [0, 0.05) is 36.9 Å². The Morgan fingerprint density at radius 3 is 2.87 bits per heavy atom. The first-order chi connectivity index (χ1) is 11.0. The first kappa shape index (κ1) is 16.0. The highest BCUT2D eigenvalue weighted by molar-refractivity contribution is 6.31. The zero-order valence-corrected chi connectivity index (χ0v) is 14.2. The number of nitrogens with zero attached hydrogens (tertiary/aromatic N) is 4. The lowest BCUT2D eigenvalue weighted by Gasteiger charge is -2.38. The molecule has 0 saturated carbocycles. The van der Waals surface area contributed by atoms with Crippen LogP contribution < -0.4 is 0 Å². The minimum absolute atomic E-state index is 0.0519. The molecule has 1 amide bonds. The zero-order valence-electron chi connectivity index (χ0n) is 13.4. The summed E-state index contributed by atoms with van der Waals surface area (Å²) >= 11 is 6.18. The van der Waals surface area contributed by atoms with E-state index in [9.17, 15) is 4.79 Å². The normalized spacial score (nSPS) is 19.1. The summed E-state index contributed by atoms with van der Waals surface area (Å²) in [7, 11) is 2.08. The number of amides is 1. The van der Waals surface area contributed by atoms with E-state index in [0.29, 0.717) is 17.1 Å². The molecule has 0 spiro atoms. The van der Waals surface area contributed by atoms with Gasteiger partial charge in [0.05, 0.1) is 18.3 Å². The Kier molecular flexibility index (Phi) is 4.68. The van der Waals surface area contributed by atoms with Crippen molar-refractivity contribution in [1.29, 1.82) is 0 Å². The third-order valence-corrected chi connectivity index (χ3v) is 4.63. The van der Waals surface area contributed by atoms with Crippen molar-refractivity contribution in [3.8, 4) is 0 Å². The first-order valence-electron chi connectivity index (χ1n) is 7.80. The van der Waals surface area contributed by atoms with Crippen molar-refractivity contribution in [2.24, 2.45) is 0 Å². The molecule has 1 aliphatic heterocycles. The summed E-state index contributed by atoms with van der Waals surface area (Å²) in [5.74, 6) is 0.0519. The maximum absolute atomic E-state index is 12.7. The largest absolute Gasteiger partial charge is 0.333 e. The monoisotopic (exact) mass is 332 g/mol. The average molecular weight is 333 g/mol. The number of benzene rings is 1. The van der Waals surface area contributed by atoms with Crippen molar-refractivity contribution in [2.45, 2.75) is 19.5 Å². The maximum Gasteiger partial charge on any atom is 0.257 e. The molecule has 1 aromatic carbocycles. The molecule has 6 heteroatoms. The molecule has 0 radical (unpaired) electrons. The molecule has 0 aliphatic carbocycles. The number of hydrogen-bond donors (Lipinski definition) is 0. The Hall–Kier alpha value is -1.85. The van der Waals surface area contributed by atoms with Gasteiger partial charge < -0.3 is 9.80 Å². The van der Waals surface area contributed by atoms with Crippen molar-refractivity contribution < 1.29 is 4.79 Å². The van der Waals surface area contributed by atoms with Crippen LogP contribution >= 0.6 is 11.6 Å². The van der Waals surface area contributed by atoms with Crippen LogP contribution in [0.25, 0.3) is 0 Å². The molecule has 122 valence electrons. The Bertz CT molecular complexity index is 699. The van der Waals surface area contributed by atoms with E-state index in [1.807, 2.05) is 29.2 Å². The molecule has 2 heterocycles. The molecule has 1 fully saturated rings. The van der Waals surface area contributed by atoms with Crippen molar-refractivity contribution in [1.82, 2.24) is 19.6 Å². The minimum atomic E-state index is 0.0519. The molecular formula is C17H21ClN4O. The van der Waals surface area contributed by atoms with E-state index < -0.39 is 0 Å². The van der Waals surface area contributed by atoms with Crippen LogP contribution in [0.3, 0.4) is 0 Å². The fraction of sp³-hybridized carbons (Fsp3) is 0.412. The molecule has 1 atom stereocenters. The molecule has 0 bridgehead atoms. The molecule has 1 saturated heterocycles. The topological polar surface area (TPSA) is 41.4 Å². The predicted molar refractivity (Wildman–Crippen MR) is 90.8 cm³/mol. The van der Waals surface area contributed by atoms with E-state index in [2.05, 4.69) is 24.0 Å². The zero-order chi connectivity index (χ0) is 16.4. The molecule has 1 aromatic heterocycles.